The predicted octanol–water partition coefficient (Wildman–Crippen LogP) is 5.52. The van der Waals surface area contributed by atoms with E-state index < -0.39 is 36.0 Å². The zero-order chi connectivity index (χ0) is 34.6. The summed E-state index contributed by atoms with van der Waals surface area (Å²) in [6.07, 6.45) is -2.00. The van der Waals surface area contributed by atoms with E-state index in [0.717, 1.165) is 11.1 Å². The lowest BCUT2D eigenvalue weighted by Crippen LogP contribution is -2.68. The van der Waals surface area contributed by atoms with Crippen LogP contribution in [0.3, 0.4) is 0 Å². The van der Waals surface area contributed by atoms with Crippen molar-refractivity contribution >= 4 is 39.5 Å². The molecule has 2 aromatic carbocycles. The first kappa shape index (κ1) is 31.9. The highest BCUT2D eigenvalue weighted by Crippen LogP contribution is 2.41. The number of rotatable bonds is 6. The van der Waals surface area contributed by atoms with E-state index >= 15 is 0 Å². The van der Waals surface area contributed by atoms with Gasteiger partial charge in [0, 0.05) is 35.7 Å². The number of carbonyl (C=O) groups is 1. The van der Waals surface area contributed by atoms with Crippen LogP contribution in [0.1, 0.15) is 42.3 Å². The molecule has 0 aliphatic carbocycles. The van der Waals surface area contributed by atoms with Gasteiger partial charge in [-0.25, -0.2) is 28.5 Å². The van der Waals surface area contributed by atoms with Crippen LogP contribution in [0.5, 0.6) is 5.88 Å². The van der Waals surface area contributed by atoms with Gasteiger partial charge in [-0.15, -0.1) is 0 Å². The second-order valence-corrected chi connectivity index (χ2v) is 12.9. The molecule has 3 aliphatic rings. The summed E-state index contributed by atoms with van der Waals surface area (Å²) in [5.74, 6) is 4.89. The number of nitrogens with zero attached hydrogens (tertiary/aromatic N) is 5. The number of furan rings is 1. The van der Waals surface area contributed by atoms with Crippen LogP contribution in [0, 0.1) is 18.8 Å². The van der Waals surface area contributed by atoms with Crippen LogP contribution < -0.4 is 14.5 Å². The van der Waals surface area contributed by atoms with Crippen molar-refractivity contribution in [3.8, 4) is 17.7 Å². The Bertz CT molecular complexity index is 2180. The molecule has 13 heteroatoms. The second kappa shape index (κ2) is 12.5. The average molecular weight is 682 g/mol. The molecule has 11 nitrogen and oxygen atoms in total. The first-order valence-corrected chi connectivity index (χ1v) is 16.4. The minimum atomic E-state index is -2.98. The number of aromatic nitrogens is 3. The van der Waals surface area contributed by atoms with Crippen molar-refractivity contribution in [1.82, 2.24) is 15.0 Å². The van der Waals surface area contributed by atoms with Crippen molar-refractivity contribution in [3.05, 3.63) is 83.3 Å². The van der Waals surface area contributed by atoms with Crippen LogP contribution in [0.15, 0.2) is 65.2 Å². The quantitative estimate of drug-likeness (QED) is 0.228. The molecule has 0 radical (unpaired) electrons. The molecule has 3 aliphatic heterocycles. The van der Waals surface area contributed by atoms with Gasteiger partial charge < -0.3 is 33.5 Å². The molecule has 3 aromatic heterocycles. The van der Waals surface area contributed by atoms with Gasteiger partial charge >= 0.3 is 5.97 Å². The number of halogens is 2. The monoisotopic (exact) mass is 681 g/mol. The minimum Gasteiger partial charge on any atom is -0.480 e. The predicted molar refractivity (Wildman–Crippen MR) is 180 cm³/mol. The molecule has 0 amide bonds. The molecule has 256 valence electrons. The number of hydrogen-bond donors (Lipinski definition) is 1. The molecule has 0 bridgehead atoms. The SMILES string of the molecule is Cc1ccccc1C#Cc1cnc(O[C@H]2C[C@@H](C(=O)O)N(c3nc(C(F)F)nc4c3oc3ccccc34)C2)c(N2CCOC3(COC3)[C@@H]2C)c1. The summed E-state index contributed by atoms with van der Waals surface area (Å²) in [6.45, 7) is 6.07. The van der Waals surface area contributed by atoms with E-state index in [4.69, 9.17) is 23.6 Å². The molecule has 0 saturated carbocycles. The number of ether oxygens (including phenoxy) is 3. The number of morpholine rings is 1. The van der Waals surface area contributed by atoms with Crippen LogP contribution in [-0.2, 0) is 14.3 Å². The molecular weight excluding hydrogens is 648 g/mol. The number of alkyl halides is 2. The standard InChI is InChI=1S/C37H33F2N5O6/c1-21-7-3-4-8-24(21)12-11-23-15-27(43-13-14-48-37(22(43)2)19-47-20-37)35(40-17-23)49-25-16-28(36(45)46)44(18-25)34-31-30(41-33(42-34)32(38)39)26-9-5-6-10-29(26)50-31/h3-10,15,17,22,25,28,32H,13-14,16,18-20H2,1-2H3,(H,45,46)/t22-,25-,28-/m0/s1. The van der Waals surface area contributed by atoms with Crippen LogP contribution >= 0.6 is 0 Å². The Balaban J connectivity index is 1.16. The van der Waals surface area contributed by atoms with Gasteiger partial charge in [-0.05, 0) is 43.7 Å². The van der Waals surface area contributed by atoms with E-state index in [1.165, 1.54) is 4.90 Å². The number of carboxylic acid groups (broad SMARTS) is 1. The highest BCUT2D eigenvalue weighted by atomic mass is 19.3. The van der Waals surface area contributed by atoms with Crippen molar-refractivity contribution in [3.63, 3.8) is 0 Å². The van der Waals surface area contributed by atoms with Gasteiger partial charge in [-0.1, -0.05) is 42.2 Å². The van der Waals surface area contributed by atoms with Gasteiger partial charge in [0.25, 0.3) is 6.43 Å². The van der Waals surface area contributed by atoms with E-state index in [9.17, 15) is 18.7 Å². The molecule has 0 unspecified atom stereocenters. The molecule has 50 heavy (non-hydrogen) atoms. The Hall–Kier alpha value is -5.32. The Morgan fingerprint density at radius 1 is 1.10 bits per heavy atom. The number of pyridine rings is 1. The zero-order valence-corrected chi connectivity index (χ0v) is 27.3. The van der Waals surface area contributed by atoms with Gasteiger partial charge in [0.05, 0.1) is 32.4 Å². The van der Waals surface area contributed by atoms with E-state index in [2.05, 4.69) is 33.6 Å². The molecular formula is C37H33F2N5O6. The molecule has 1 N–H and O–H groups in total. The third-order valence-electron chi connectivity index (χ3n) is 9.78. The number of fused-ring (bicyclic) bond motifs is 3. The van der Waals surface area contributed by atoms with Crippen molar-refractivity contribution < 1.29 is 37.3 Å². The smallest absolute Gasteiger partial charge is 0.326 e. The maximum absolute atomic E-state index is 14.1. The maximum atomic E-state index is 14.1. The number of aryl methyl sites for hydroxylation is 1. The fourth-order valence-corrected chi connectivity index (χ4v) is 6.95. The van der Waals surface area contributed by atoms with Crippen LogP contribution in [-0.4, -0.2) is 82.7 Å². The van der Waals surface area contributed by atoms with Crippen molar-refractivity contribution in [2.24, 2.45) is 0 Å². The number of carboxylic acids is 1. The van der Waals surface area contributed by atoms with Gasteiger partial charge in [0.2, 0.25) is 5.88 Å². The van der Waals surface area contributed by atoms with Crippen molar-refractivity contribution in [2.45, 2.75) is 50.5 Å². The number of benzene rings is 2. The molecule has 1 spiro atoms. The van der Waals surface area contributed by atoms with Crippen LogP contribution in [0.2, 0.25) is 0 Å². The highest BCUT2D eigenvalue weighted by molar-refractivity contribution is 6.06. The van der Waals surface area contributed by atoms with Crippen molar-refractivity contribution in [1.29, 1.82) is 0 Å². The first-order chi connectivity index (χ1) is 24.2. The maximum Gasteiger partial charge on any atom is 0.326 e. The Morgan fingerprint density at radius 3 is 2.66 bits per heavy atom. The minimum absolute atomic E-state index is 0.0230. The van der Waals surface area contributed by atoms with Gasteiger partial charge in [0.15, 0.2) is 17.2 Å². The van der Waals surface area contributed by atoms with Gasteiger partial charge in [-0.3, -0.25) is 0 Å². The molecule has 3 atom stereocenters. The number of anilines is 2. The fourth-order valence-electron chi connectivity index (χ4n) is 6.95. The van der Waals surface area contributed by atoms with Gasteiger partial charge in [-0.2, -0.15) is 0 Å². The zero-order valence-electron chi connectivity index (χ0n) is 27.3. The second-order valence-electron chi connectivity index (χ2n) is 12.9. The van der Waals surface area contributed by atoms with Crippen LogP contribution in [0.4, 0.5) is 20.3 Å². The Morgan fingerprint density at radius 2 is 1.90 bits per heavy atom. The fraction of sp³-hybridized carbons (Fsp3) is 0.351. The van der Waals surface area contributed by atoms with Gasteiger partial charge in [0.1, 0.15) is 34.5 Å². The van der Waals surface area contributed by atoms with E-state index in [0.29, 0.717) is 54.5 Å². The van der Waals surface area contributed by atoms with Crippen molar-refractivity contribution in [2.75, 3.05) is 42.7 Å². The van der Waals surface area contributed by atoms with Crippen LogP contribution in [0.25, 0.3) is 22.1 Å². The largest absolute Gasteiger partial charge is 0.480 e. The highest BCUT2D eigenvalue weighted by Gasteiger charge is 2.50. The number of hydrogen-bond acceptors (Lipinski definition) is 10. The lowest BCUT2D eigenvalue weighted by atomic mass is 9.90. The summed E-state index contributed by atoms with van der Waals surface area (Å²) < 4.78 is 52.4. The normalized spacial score (nSPS) is 21.4. The van der Waals surface area contributed by atoms with E-state index in [1.54, 1.807) is 30.5 Å². The molecule has 5 aromatic rings. The molecule has 6 heterocycles. The summed E-state index contributed by atoms with van der Waals surface area (Å²) in [5.41, 5.74) is 3.62. The lowest BCUT2D eigenvalue weighted by Gasteiger charge is -2.53. The summed E-state index contributed by atoms with van der Waals surface area (Å²) in [7, 11) is 0. The molecule has 3 saturated heterocycles. The topological polar surface area (TPSA) is 123 Å². The Labute approximate surface area is 285 Å². The molecule has 8 rings (SSSR count). The van der Waals surface area contributed by atoms with E-state index in [1.807, 2.05) is 37.3 Å². The molecule has 3 fully saturated rings. The summed E-state index contributed by atoms with van der Waals surface area (Å²) in [6, 6.07) is 15.5. The summed E-state index contributed by atoms with van der Waals surface area (Å²) in [5, 5.41) is 10.9. The first-order valence-electron chi connectivity index (χ1n) is 16.4. The third kappa shape index (κ3) is 5.54. The average Bonchev–Trinajstić information content (AvgIpc) is 3.69. The van der Waals surface area contributed by atoms with E-state index in [-0.39, 0.29) is 35.9 Å². The summed E-state index contributed by atoms with van der Waals surface area (Å²) >= 11 is 0. The third-order valence-corrected chi connectivity index (χ3v) is 9.78. The number of para-hydroxylation sites is 1. The summed E-state index contributed by atoms with van der Waals surface area (Å²) in [4.78, 5) is 29.2. The lowest BCUT2D eigenvalue weighted by molar-refractivity contribution is -0.228. The number of aliphatic carboxylic acids is 1. The Kier molecular flexibility index (Phi) is 8.00.